The molecule has 0 atom stereocenters. The molecule has 0 aliphatic heterocycles. The second kappa shape index (κ2) is 12.7. The Morgan fingerprint density at radius 1 is 1.05 bits per heavy atom. The number of nitrogens with zero attached hydrogens (tertiary/aromatic N) is 4. The van der Waals surface area contributed by atoms with E-state index in [1.54, 1.807) is 49.5 Å². The number of nitriles is 1. The van der Waals surface area contributed by atoms with Crippen LogP contribution in [-0.4, -0.2) is 43.1 Å². The summed E-state index contributed by atoms with van der Waals surface area (Å²) in [5.74, 6) is -0.262. The van der Waals surface area contributed by atoms with Gasteiger partial charge < -0.3 is 20.1 Å². The highest BCUT2D eigenvalue weighted by Gasteiger charge is 2.34. The van der Waals surface area contributed by atoms with Crippen LogP contribution in [0.25, 0.3) is 0 Å². The van der Waals surface area contributed by atoms with Gasteiger partial charge in [-0.15, -0.1) is 0 Å². The predicted molar refractivity (Wildman–Crippen MR) is 156 cm³/mol. The molecule has 0 spiro atoms. The maximum absolute atomic E-state index is 13.7. The molecule has 0 saturated carbocycles. The molecular formula is C30H35F3N6OS. The van der Waals surface area contributed by atoms with E-state index < -0.39 is 22.8 Å². The van der Waals surface area contributed by atoms with Gasteiger partial charge in [0.1, 0.15) is 0 Å². The van der Waals surface area contributed by atoms with Crippen molar-refractivity contribution in [2.75, 3.05) is 6.54 Å². The lowest BCUT2D eigenvalue weighted by atomic mass is 10.0. The predicted octanol–water partition coefficient (Wildman–Crippen LogP) is 5.43. The number of carbonyl (C=O) groups is 1. The van der Waals surface area contributed by atoms with Gasteiger partial charge in [0.15, 0.2) is 5.11 Å². The van der Waals surface area contributed by atoms with Crippen molar-refractivity contribution in [3.8, 4) is 6.07 Å². The van der Waals surface area contributed by atoms with E-state index in [4.69, 9.17) is 17.5 Å². The largest absolute Gasteiger partial charge is 0.416 e. The normalized spacial score (nSPS) is 12.0. The van der Waals surface area contributed by atoms with Gasteiger partial charge in [0.25, 0.3) is 0 Å². The standard InChI is InChI=1S/C30H35F3N6OS/c1-28(2,3)37-27(41)38(18-23-8-6-7-9-25(23)30(31,32)33)19-29(4,5)36-26(40)14-24-16-35-20-39(24)17-22-12-10-21(15-34)11-13-22/h6-13,16,20H,14,17-19H2,1-5H3,(H,36,40)(H,37,41). The van der Waals surface area contributed by atoms with Crippen LogP contribution < -0.4 is 10.6 Å². The quantitative estimate of drug-likeness (QED) is 0.326. The van der Waals surface area contributed by atoms with Crippen LogP contribution in [0.4, 0.5) is 13.2 Å². The van der Waals surface area contributed by atoms with E-state index in [-0.39, 0.29) is 36.1 Å². The van der Waals surface area contributed by atoms with Crippen LogP contribution in [-0.2, 0) is 30.5 Å². The second-order valence-electron chi connectivity index (χ2n) is 11.6. The number of benzene rings is 2. The van der Waals surface area contributed by atoms with Crippen molar-refractivity contribution < 1.29 is 18.0 Å². The Balaban J connectivity index is 1.74. The van der Waals surface area contributed by atoms with Crippen LogP contribution in [0.3, 0.4) is 0 Å². The average molecular weight is 585 g/mol. The minimum atomic E-state index is -4.51. The molecule has 0 bridgehead atoms. The number of alkyl halides is 3. The van der Waals surface area contributed by atoms with Crippen molar-refractivity contribution >= 4 is 23.2 Å². The summed E-state index contributed by atoms with van der Waals surface area (Å²) in [6.07, 6.45) is -1.19. The summed E-state index contributed by atoms with van der Waals surface area (Å²) in [5, 5.41) is 15.5. The van der Waals surface area contributed by atoms with Crippen molar-refractivity contribution in [3.05, 3.63) is 89.0 Å². The summed E-state index contributed by atoms with van der Waals surface area (Å²) < 4.78 is 43.0. The van der Waals surface area contributed by atoms with Crippen LogP contribution in [0, 0.1) is 11.3 Å². The van der Waals surface area contributed by atoms with Crippen molar-refractivity contribution in [2.24, 2.45) is 0 Å². The van der Waals surface area contributed by atoms with Gasteiger partial charge in [-0.3, -0.25) is 4.79 Å². The highest BCUT2D eigenvalue weighted by molar-refractivity contribution is 7.80. The zero-order valence-electron chi connectivity index (χ0n) is 23.8. The molecule has 11 heteroatoms. The Morgan fingerprint density at radius 3 is 2.32 bits per heavy atom. The van der Waals surface area contributed by atoms with Crippen LogP contribution in [0.5, 0.6) is 0 Å². The zero-order valence-corrected chi connectivity index (χ0v) is 24.7. The van der Waals surface area contributed by atoms with E-state index in [0.717, 1.165) is 11.6 Å². The molecule has 0 fully saturated rings. The van der Waals surface area contributed by atoms with Crippen LogP contribution in [0.1, 0.15) is 62.6 Å². The molecule has 41 heavy (non-hydrogen) atoms. The summed E-state index contributed by atoms with van der Waals surface area (Å²) in [5.41, 5.74) is 0.329. The summed E-state index contributed by atoms with van der Waals surface area (Å²) in [6, 6.07) is 14.7. The fraction of sp³-hybridized carbons (Fsp3) is 0.400. The topological polar surface area (TPSA) is 86.0 Å². The van der Waals surface area contributed by atoms with Gasteiger partial charge in [-0.05, 0) is 76.2 Å². The van der Waals surface area contributed by atoms with Gasteiger partial charge >= 0.3 is 6.18 Å². The molecule has 0 radical (unpaired) electrons. The lowest BCUT2D eigenvalue weighted by Crippen LogP contribution is -2.56. The van der Waals surface area contributed by atoms with Gasteiger partial charge in [0.2, 0.25) is 5.91 Å². The third kappa shape index (κ3) is 9.60. The van der Waals surface area contributed by atoms with Gasteiger partial charge in [-0.1, -0.05) is 30.3 Å². The molecular weight excluding hydrogens is 549 g/mol. The van der Waals surface area contributed by atoms with E-state index in [9.17, 15) is 18.0 Å². The molecule has 1 heterocycles. The fourth-order valence-corrected chi connectivity index (χ4v) is 4.80. The minimum absolute atomic E-state index is 0.0568. The summed E-state index contributed by atoms with van der Waals surface area (Å²) >= 11 is 5.62. The number of imidazole rings is 1. The van der Waals surface area contributed by atoms with Gasteiger partial charge in [-0.2, -0.15) is 18.4 Å². The average Bonchev–Trinajstić information content (AvgIpc) is 3.28. The molecule has 3 aromatic rings. The first-order chi connectivity index (χ1) is 19.1. The first kappa shape index (κ1) is 31.6. The van der Waals surface area contributed by atoms with E-state index in [0.29, 0.717) is 17.8 Å². The number of hydrogen-bond acceptors (Lipinski definition) is 4. The SMILES string of the molecule is CC(C)(C)NC(=S)N(Cc1ccccc1C(F)(F)F)CC(C)(C)NC(=O)Cc1cncn1Cc1ccc(C#N)cc1. The number of hydrogen-bond donors (Lipinski definition) is 2. The van der Waals surface area contributed by atoms with Crippen molar-refractivity contribution in [1.82, 2.24) is 25.1 Å². The second-order valence-corrected chi connectivity index (χ2v) is 12.0. The Hall–Kier alpha value is -3.91. The highest BCUT2D eigenvalue weighted by atomic mass is 32.1. The highest BCUT2D eigenvalue weighted by Crippen LogP contribution is 2.32. The Kier molecular flexibility index (Phi) is 9.81. The first-order valence-corrected chi connectivity index (χ1v) is 13.5. The fourth-order valence-electron chi connectivity index (χ4n) is 4.36. The smallest absolute Gasteiger partial charge is 0.358 e. The van der Waals surface area contributed by atoms with E-state index in [1.807, 2.05) is 37.5 Å². The molecule has 3 rings (SSSR count). The maximum atomic E-state index is 13.7. The third-order valence-electron chi connectivity index (χ3n) is 6.09. The van der Waals surface area contributed by atoms with Crippen molar-refractivity contribution in [3.63, 3.8) is 0 Å². The third-order valence-corrected chi connectivity index (χ3v) is 6.45. The number of carbonyl (C=O) groups excluding carboxylic acids is 1. The van der Waals surface area contributed by atoms with E-state index in [2.05, 4.69) is 21.7 Å². The number of halogens is 3. The molecule has 2 aromatic carbocycles. The summed E-state index contributed by atoms with van der Waals surface area (Å²) in [6.45, 7) is 9.91. The van der Waals surface area contributed by atoms with Crippen molar-refractivity contribution in [2.45, 2.75) is 71.4 Å². The first-order valence-electron chi connectivity index (χ1n) is 13.1. The van der Waals surface area contributed by atoms with Gasteiger partial charge in [0.05, 0.1) is 35.5 Å². The molecule has 218 valence electrons. The molecule has 2 N–H and O–H groups in total. The molecule has 0 aliphatic carbocycles. The Bertz CT molecular complexity index is 1400. The van der Waals surface area contributed by atoms with E-state index >= 15 is 0 Å². The number of amides is 1. The van der Waals surface area contributed by atoms with Crippen LogP contribution in [0.15, 0.2) is 61.1 Å². The monoisotopic (exact) mass is 584 g/mol. The molecule has 1 amide bonds. The number of nitrogens with one attached hydrogen (secondary N) is 2. The zero-order chi connectivity index (χ0) is 30.4. The minimum Gasteiger partial charge on any atom is -0.358 e. The number of aromatic nitrogens is 2. The summed E-state index contributed by atoms with van der Waals surface area (Å²) in [7, 11) is 0. The molecule has 0 saturated heterocycles. The molecule has 1 aromatic heterocycles. The molecule has 0 unspecified atom stereocenters. The lowest BCUT2D eigenvalue weighted by molar-refractivity contribution is -0.138. The van der Waals surface area contributed by atoms with E-state index in [1.165, 1.54) is 12.1 Å². The van der Waals surface area contributed by atoms with Crippen LogP contribution in [0.2, 0.25) is 0 Å². The van der Waals surface area contributed by atoms with Crippen molar-refractivity contribution in [1.29, 1.82) is 5.26 Å². The van der Waals surface area contributed by atoms with Gasteiger partial charge in [-0.25, -0.2) is 4.98 Å². The lowest BCUT2D eigenvalue weighted by Gasteiger charge is -2.37. The maximum Gasteiger partial charge on any atom is 0.416 e. The Labute approximate surface area is 244 Å². The number of thiocarbonyl (C=S) groups is 1. The Morgan fingerprint density at radius 2 is 1.71 bits per heavy atom. The van der Waals surface area contributed by atoms with Gasteiger partial charge in [0, 0.05) is 37.1 Å². The molecule has 0 aliphatic rings. The van der Waals surface area contributed by atoms with Crippen LogP contribution >= 0.6 is 12.2 Å². The molecule has 7 nitrogen and oxygen atoms in total. The number of rotatable bonds is 9. The summed E-state index contributed by atoms with van der Waals surface area (Å²) in [4.78, 5) is 19.0.